The lowest BCUT2D eigenvalue weighted by atomic mass is 10.0. The number of allylic oxidation sites excluding steroid dienone is 30. The lowest BCUT2D eigenvalue weighted by Crippen LogP contribution is -2.44. The number of rotatable bonds is 64. The Morgan fingerprint density at radius 1 is 0.330 bits per heavy atom. The highest BCUT2D eigenvalue weighted by Gasteiger charge is 2.22. The van der Waals surface area contributed by atoms with Crippen LogP contribution in [-0.4, -0.2) is 82.3 Å². The van der Waals surface area contributed by atoms with E-state index < -0.39 is 24.3 Å². The van der Waals surface area contributed by atoms with E-state index in [1.165, 1.54) is 77.0 Å². The van der Waals surface area contributed by atoms with Crippen molar-refractivity contribution in [1.82, 2.24) is 0 Å². The number of carbonyl (C=O) groups excluding carboxylic acids is 3. The van der Waals surface area contributed by atoms with Gasteiger partial charge in [0.1, 0.15) is 13.2 Å². The van der Waals surface area contributed by atoms with E-state index in [2.05, 4.69) is 196 Å². The number of likely N-dealkylation sites (N-methyl/N-ethyl adjacent to an activating group) is 1. The van der Waals surface area contributed by atoms with Crippen molar-refractivity contribution in [2.24, 2.45) is 0 Å². The van der Waals surface area contributed by atoms with Crippen LogP contribution in [0, 0.1) is 0 Å². The number of carbonyl (C=O) groups is 3. The molecule has 0 N–H and O–H groups in total. The summed E-state index contributed by atoms with van der Waals surface area (Å²) in [5.41, 5.74) is 0. The number of aliphatic carboxylic acids is 1. The minimum absolute atomic E-state index is 0.135. The van der Waals surface area contributed by atoms with Crippen molar-refractivity contribution in [1.29, 1.82) is 0 Å². The van der Waals surface area contributed by atoms with Crippen LogP contribution in [0.15, 0.2) is 182 Å². The van der Waals surface area contributed by atoms with Gasteiger partial charge in [-0.1, -0.05) is 292 Å². The Balaban J connectivity index is 4.21. The molecule has 0 aromatic rings. The predicted octanol–water partition coefficient (Wildman–Crippen LogP) is 21.5. The number of carboxylic acid groups (broad SMARTS) is 1. The number of ether oxygens (including phenoxy) is 4. The van der Waals surface area contributed by atoms with Gasteiger partial charge in [-0.3, -0.25) is 9.59 Å². The molecule has 9 heteroatoms. The summed E-state index contributed by atoms with van der Waals surface area (Å²) < 4.78 is 22.8. The summed E-state index contributed by atoms with van der Waals surface area (Å²) in [7, 11) is 5.91. The Morgan fingerprint density at radius 2 is 0.593 bits per heavy atom. The van der Waals surface area contributed by atoms with E-state index in [1.807, 2.05) is 21.1 Å². The number of unbranched alkanes of at least 4 members (excludes halogenated alkanes) is 19. The Labute approximate surface area is 558 Å². The van der Waals surface area contributed by atoms with Crippen molar-refractivity contribution < 1.29 is 42.9 Å². The highest BCUT2D eigenvalue weighted by molar-refractivity contribution is 5.70. The Bertz CT molecular complexity index is 2150. The Hall–Kier alpha value is -5.61. The molecule has 0 radical (unpaired) electrons. The zero-order valence-corrected chi connectivity index (χ0v) is 58.4. The van der Waals surface area contributed by atoms with Crippen molar-refractivity contribution in [2.45, 2.75) is 270 Å². The largest absolute Gasteiger partial charge is 0.545 e. The summed E-state index contributed by atoms with van der Waals surface area (Å²) in [5.74, 6) is -2.32. The first kappa shape index (κ1) is 85.4. The van der Waals surface area contributed by atoms with E-state index in [1.54, 1.807) is 0 Å². The van der Waals surface area contributed by atoms with Crippen LogP contribution in [0.5, 0.6) is 0 Å². The standard InChI is InChI=1S/C82H131NO8/c1-6-8-10-12-14-16-18-20-22-24-26-28-30-32-34-36-38-39-40-41-43-45-47-49-51-53-55-57-59-61-63-65-67-69-71-73-80(85)91-78(77-90-82(81(86)87)88-75-74-83(3,4)5)76-89-79(84)72-70-68-66-64-62-60-58-56-54-52-50-48-46-44-42-37-35-33-31-29-27-25-23-21-19-17-15-13-11-9-7-2/h8-11,14-17,20-23,26-29,32-35,38-39,41-44,47,49,53,55,78,82H,6-7,12-13,18-19,24-25,30-31,36-37,40,45-46,48,50-52,54,56-77H2,1-5H3/b10-8-,11-9-,16-14-,17-15-,22-20-,23-21-,28-26-,29-27-,34-32-,35-33-,39-38-,43-41-,44-42-,49-47-,55-53-. The van der Waals surface area contributed by atoms with E-state index in [-0.39, 0.29) is 38.6 Å². The lowest BCUT2D eigenvalue weighted by Gasteiger charge is -2.26. The minimum Gasteiger partial charge on any atom is -0.545 e. The first-order valence-corrected chi connectivity index (χ1v) is 35.9. The monoisotopic (exact) mass is 1260 g/mol. The zero-order valence-electron chi connectivity index (χ0n) is 58.4. The average molecular weight is 1260 g/mol. The van der Waals surface area contributed by atoms with Gasteiger partial charge in [0.05, 0.1) is 40.3 Å². The molecular weight excluding hydrogens is 1130 g/mol. The first-order chi connectivity index (χ1) is 44.6. The minimum atomic E-state index is -1.64. The summed E-state index contributed by atoms with van der Waals surface area (Å²) in [6.07, 6.45) is 104. The molecule has 512 valence electrons. The van der Waals surface area contributed by atoms with Crippen molar-refractivity contribution in [2.75, 3.05) is 47.5 Å². The third-order valence-electron chi connectivity index (χ3n) is 14.6. The van der Waals surface area contributed by atoms with Gasteiger partial charge in [0.15, 0.2) is 12.4 Å². The maximum atomic E-state index is 12.9. The number of esters is 2. The fourth-order valence-electron chi connectivity index (χ4n) is 9.24. The van der Waals surface area contributed by atoms with Crippen molar-refractivity contribution in [3.8, 4) is 0 Å². The lowest BCUT2D eigenvalue weighted by molar-refractivity contribution is -0.870. The third-order valence-corrected chi connectivity index (χ3v) is 14.6. The van der Waals surface area contributed by atoms with Crippen LogP contribution in [0.25, 0.3) is 0 Å². The van der Waals surface area contributed by atoms with Gasteiger partial charge < -0.3 is 33.3 Å². The molecule has 0 rings (SSSR count). The number of quaternary nitrogens is 1. The van der Waals surface area contributed by atoms with Gasteiger partial charge in [-0.05, 0) is 135 Å². The van der Waals surface area contributed by atoms with Crippen LogP contribution >= 0.6 is 0 Å². The molecular formula is C82H131NO8. The van der Waals surface area contributed by atoms with E-state index in [0.29, 0.717) is 17.4 Å². The van der Waals surface area contributed by atoms with Gasteiger partial charge in [-0.2, -0.15) is 0 Å². The van der Waals surface area contributed by atoms with Crippen LogP contribution in [0.3, 0.4) is 0 Å². The predicted molar refractivity (Wildman–Crippen MR) is 388 cm³/mol. The molecule has 0 saturated heterocycles. The van der Waals surface area contributed by atoms with E-state index in [4.69, 9.17) is 18.9 Å². The molecule has 91 heavy (non-hydrogen) atoms. The number of carboxylic acids is 1. The Morgan fingerprint density at radius 3 is 0.879 bits per heavy atom. The second-order valence-corrected chi connectivity index (χ2v) is 24.4. The molecule has 0 aliphatic rings. The van der Waals surface area contributed by atoms with Gasteiger partial charge >= 0.3 is 11.9 Å². The SMILES string of the molecule is CC/C=C\C/C=C\C/C=C\C/C=C\C/C=C\C/C=C\C/C=C\C/C=C\C/C=C\CCCCCCCCCC(=O)OC(COC(=O)CCCCCCCCCCCCCC/C=C\C/C=C\C/C=C\C/C=C\C/C=C\C/C=C\CC)COC(OCC[N+](C)(C)C)C(=O)[O-]. The number of hydrogen-bond donors (Lipinski definition) is 0. The third kappa shape index (κ3) is 71.7. The molecule has 2 unspecified atom stereocenters. The van der Waals surface area contributed by atoms with Crippen molar-refractivity contribution in [3.05, 3.63) is 182 Å². The highest BCUT2D eigenvalue weighted by Crippen LogP contribution is 2.16. The molecule has 0 heterocycles. The molecule has 0 spiro atoms. The van der Waals surface area contributed by atoms with Crippen LogP contribution in [0.1, 0.15) is 258 Å². The summed E-state index contributed by atoms with van der Waals surface area (Å²) in [6.45, 7) is 4.49. The fourth-order valence-corrected chi connectivity index (χ4v) is 9.24. The molecule has 0 aromatic carbocycles. The van der Waals surface area contributed by atoms with Crippen molar-refractivity contribution >= 4 is 17.9 Å². The molecule has 0 aliphatic heterocycles. The van der Waals surface area contributed by atoms with Crippen LogP contribution < -0.4 is 5.11 Å². The highest BCUT2D eigenvalue weighted by atomic mass is 16.7. The topological polar surface area (TPSA) is 111 Å². The second-order valence-electron chi connectivity index (χ2n) is 24.4. The van der Waals surface area contributed by atoms with Crippen LogP contribution in [0.4, 0.5) is 0 Å². The Kier molecular flexibility index (Phi) is 65.9. The molecule has 9 nitrogen and oxygen atoms in total. The quantitative estimate of drug-likeness (QED) is 0.0195. The second kappa shape index (κ2) is 70.3. The zero-order chi connectivity index (χ0) is 66.1. The summed E-state index contributed by atoms with van der Waals surface area (Å²) in [6, 6.07) is 0. The smallest absolute Gasteiger partial charge is 0.306 e. The van der Waals surface area contributed by atoms with Crippen LogP contribution in [-0.2, 0) is 33.3 Å². The van der Waals surface area contributed by atoms with Gasteiger partial charge in [0, 0.05) is 12.8 Å². The molecule has 0 aliphatic carbocycles. The van der Waals surface area contributed by atoms with E-state index in [9.17, 15) is 19.5 Å². The molecule has 0 fully saturated rings. The molecule has 2 atom stereocenters. The molecule has 0 amide bonds. The van der Waals surface area contributed by atoms with E-state index >= 15 is 0 Å². The maximum absolute atomic E-state index is 12.9. The van der Waals surface area contributed by atoms with E-state index in [0.717, 1.165) is 148 Å². The maximum Gasteiger partial charge on any atom is 0.306 e. The molecule has 0 saturated carbocycles. The fraction of sp³-hybridized carbons (Fsp3) is 0.598. The number of hydrogen-bond acceptors (Lipinski definition) is 8. The van der Waals surface area contributed by atoms with Gasteiger partial charge in [0.25, 0.3) is 0 Å². The van der Waals surface area contributed by atoms with Crippen molar-refractivity contribution in [3.63, 3.8) is 0 Å². The molecule has 0 aromatic heterocycles. The summed E-state index contributed by atoms with van der Waals surface area (Å²) in [5, 5.41) is 11.8. The first-order valence-electron chi connectivity index (χ1n) is 35.9. The molecule has 0 bridgehead atoms. The normalized spacial score (nSPS) is 13.8. The average Bonchev–Trinajstić information content (AvgIpc) is 3.46. The summed E-state index contributed by atoms with van der Waals surface area (Å²) in [4.78, 5) is 37.5. The summed E-state index contributed by atoms with van der Waals surface area (Å²) >= 11 is 0. The van der Waals surface area contributed by atoms with Crippen LogP contribution in [0.2, 0.25) is 0 Å². The van der Waals surface area contributed by atoms with Gasteiger partial charge in [0.2, 0.25) is 0 Å². The number of nitrogens with zero attached hydrogens (tertiary/aromatic N) is 1. The van der Waals surface area contributed by atoms with Gasteiger partial charge in [-0.25, -0.2) is 0 Å². The van der Waals surface area contributed by atoms with Gasteiger partial charge in [-0.15, -0.1) is 0 Å².